The number of rotatable bonds is 8. The van der Waals surface area contributed by atoms with Crippen LogP contribution in [0.2, 0.25) is 0 Å². The molecule has 0 saturated carbocycles. The highest BCUT2D eigenvalue weighted by molar-refractivity contribution is 5.99. The second-order valence-electron chi connectivity index (χ2n) is 7.09. The van der Waals surface area contributed by atoms with Gasteiger partial charge < -0.3 is 25.2 Å². The average molecular weight is 423 g/mol. The molecular weight excluding hydrogens is 398 g/mol. The van der Waals surface area contributed by atoms with Crippen LogP contribution >= 0.6 is 0 Å². The summed E-state index contributed by atoms with van der Waals surface area (Å²) >= 11 is 0. The molecule has 0 bridgehead atoms. The number of benzene rings is 2. The molecule has 0 atom stereocenters. The van der Waals surface area contributed by atoms with Gasteiger partial charge >= 0.3 is 6.03 Å². The van der Waals surface area contributed by atoms with Crippen molar-refractivity contribution in [3.63, 3.8) is 0 Å². The molecule has 9 nitrogen and oxygen atoms in total. The number of carbonyl (C=O) groups excluding carboxylic acids is 2. The molecule has 0 aliphatic rings. The third kappa shape index (κ3) is 6.30. The molecule has 0 fully saturated rings. The third-order valence-electron chi connectivity index (χ3n) is 4.25. The van der Waals surface area contributed by atoms with Crippen LogP contribution < -0.4 is 20.7 Å². The Bertz CT molecular complexity index is 1030. The van der Waals surface area contributed by atoms with E-state index in [0.29, 0.717) is 29.5 Å². The van der Waals surface area contributed by atoms with Gasteiger partial charge in [0.1, 0.15) is 5.75 Å². The van der Waals surface area contributed by atoms with Crippen molar-refractivity contribution in [2.24, 2.45) is 0 Å². The molecule has 9 heteroatoms. The maximum absolute atomic E-state index is 12.4. The number of ether oxygens (including phenoxy) is 1. The van der Waals surface area contributed by atoms with Crippen LogP contribution in [0.4, 0.5) is 16.2 Å². The normalized spacial score (nSPS) is 10.6. The van der Waals surface area contributed by atoms with E-state index in [1.807, 2.05) is 38.1 Å². The minimum Gasteiger partial charge on any atom is -0.497 e. The standard InChI is InChI=1S/C22H25N5O4/c1-14(2)23-22(29)25-18-7-5-4-6-17(18)24-19(28)12-13-20-26-21(27-31-20)15-8-10-16(30-3)11-9-15/h4-11,14H,12-13H2,1-3H3,(H,24,28)(H2,23,25,29). The highest BCUT2D eigenvalue weighted by Gasteiger charge is 2.13. The van der Waals surface area contributed by atoms with E-state index in [1.54, 1.807) is 31.4 Å². The molecule has 1 heterocycles. The van der Waals surface area contributed by atoms with Crippen molar-refractivity contribution in [3.05, 3.63) is 54.4 Å². The van der Waals surface area contributed by atoms with Gasteiger partial charge in [0.2, 0.25) is 17.6 Å². The molecule has 31 heavy (non-hydrogen) atoms. The van der Waals surface area contributed by atoms with Crippen molar-refractivity contribution >= 4 is 23.3 Å². The van der Waals surface area contributed by atoms with Gasteiger partial charge in [0.25, 0.3) is 0 Å². The zero-order chi connectivity index (χ0) is 22.2. The molecule has 0 unspecified atom stereocenters. The van der Waals surface area contributed by atoms with Gasteiger partial charge in [-0.1, -0.05) is 17.3 Å². The number of para-hydroxylation sites is 2. The third-order valence-corrected chi connectivity index (χ3v) is 4.25. The minimum absolute atomic E-state index is 0.000959. The number of nitrogens with zero attached hydrogens (tertiary/aromatic N) is 2. The second kappa shape index (κ2) is 10.2. The first-order valence-electron chi connectivity index (χ1n) is 9.88. The van der Waals surface area contributed by atoms with E-state index in [9.17, 15) is 9.59 Å². The molecule has 0 radical (unpaired) electrons. The molecular formula is C22H25N5O4. The average Bonchev–Trinajstić information content (AvgIpc) is 3.22. The summed E-state index contributed by atoms with van der Waals surface area (Å²) in [6, 6.07) is 13.9. The summed E-state index contributed by atoms with van der Waals surface area (Å²) in [4.78, 5) is 28.7. The zero-order valence-corrected chi connectivity index (χ0v) is 17.6. The van der Waals surface area contributed by atoms with Gasteiger partial charge in [-0.15, -0.1) is 0 Å². The predicted molar refractivity (Wildman–Crippen MR) is 117 cm³/mol. The summed E-state index contributed by atoms with van der Waals surface area (Å²) in [7, 11) is 1.60. The number of anilines is 2. The number of aromatic nitrogens is 2. The maximum Gasteiger partial charge on any atom is 0.319 e. The van der Waals surface area contributed by atoms with E-state index >= 15 is 0 Å². The Morgan fingerprint density at radius 3 is 2.35 bits per heavy atom. The Morgan fingerprint density at radius 2 is 1.71 bits per heavy atom. The molecule has 1 aromatic heterocycles. The number of amides is 3. The number of hydrogen-bond donors (Lipinski definition) is 3. The van der Waals surface area contributed by atoms with Crippen LogP contribution in [0.25, 0.3) is 11.4 Å². The smallest absolute Gasteiger partial charge is 0.319 e. The van der Waals surface area contributed by atoms with Gasteiger partial charge in [-0.25, -0.2) is 4.79 Å². The van der Waals surface area contributed by atoms with E-state index in [0.717, 1.165) is 11.3 Å². The van der Waals surface area contributed by atoms with Crippen molar-refractivity contribution in [3.8, 4) is 17.1 Å². The Hall–Kier alpha value is -3.88. The van der Waals surface area contributed by atoms with Gasteiger partial charge in [0, 0.05) is 24.4 Å². The Morgan fingerprint density at radius 1 is 1.03 bits per heavy atom. The fourth-order valence-electron chi connectivity index (χ4n) is 2.77. The molecule has 162 valence electrons. The minimum atomic E-state index is -0.339. The number of urea groups is 1. The van der Waals surface area contributed by atoms with Crippen molar-refractivity contribution < 1.29 is 18.8 Å². The van der Waals surface area contributed by atoms with Crippen molar-refractivity contribution in [1.29, 1.82) is 0 Å². The van der Waals surface area contributed by atoms with Crippen molar-refractivity contribution in [2.75, 3.05) is 17.7 Å². The molecule has 0 aliphatic carbocycles. The van der Waals surface area contributed by atoms with Crippen LogP contribution in [0.5, 0.6) is 5.75 Å². The van der Waals surface area contributed by atoms with E-state index in [-0.39, 0.29) is 24.4 Å². The number of aryl methyl sites for hydroxylation is 1. The van der Waals surface area contributed by atoms with E-state index in [1.165, 1.54) is 0 Å². The lowest BCUT2D eigenvalue weighted by Crippen LogP contribution is -2.34. The topological polar surface area (TPSA) is 118 Å². The summed E-state index contributed by atoms with van der Waals surface area (Å²) < 4.78 is 10.4. The van der Waals surface area contributed by atoms with E-state index in [2.05, 4.69) is 26.1 Å². The monoisotopic (exact) mass is 423 g/mol. The first kappa shape index (κ1) is 21.8. The van der Waals surface area contributed by atoms with Gasteiger partial charge in [0.05, 0.1) is 18.5 Å². The summed E-state index contributed by atoms with van der Waals surface area (Å²) in [5, 5.41) is 12.2. The number of hydrogen-bond acceptors (Lipinski definition) is 6. The van der Waals surface area contributed by atoms with Crippen molar-refractivity contribution in [1.82, 2.24) is 15.5 Å². The summed E-state index contributed by atoms with van der Waals surface area (Å²) in [6.07, 6.45) is 0.440. The first-order chi connectivity index (χ1) is 14.9. The van der Waals surface area contributed by atoms with Crippen LogP contribution in [0.1, 0.15) is 26.2 Å². The molecule has 2 aromatic carbocycles. The highest BCUT2D eigenvalue weighted by atomic mass is 16.5. The SMILES string of the molecule is COc1ccc(-c2noc(CCC(=O)Nc3ccccc3NC(=O)NC(C)C)n2)cc1. The Balaban J connectivity index is 1.56. The molecule has 3 N–H and O–H groups in total. The number of methoxy groups -OCH3 is 1. The van der Waals surface area contributed by atoms with Crippen LogP contribution in [-0.4, -0.2) is 35.2 Å². The Kier molecular flexibility index (Phi) is 7.21. The molecule has 0 aliphatic heterocycles. The van der Waals surface area contributed by atoms with E-state index < -0.39 is 0 Å². The molecule has 3 aromatic rings. The van der Waals surface area contributed by atoms with Gasteiger partial charge in [-0.2, -0.15) is 4.98 Å². The van der Waals surface area contributed by atoms with Gasteiger partial charge in [0.15, 0.2) is 0 Å². The van der Waals surface area contributed by atoms with Gasteiger partial charge in [-0.3, -0.25) is 4.79 Å². The van der Waals surface area contributed by atoms with Crippen LogP contribution in [0, 0.1) is 0 Å². The lowest BCUT2D eigenvalue weighted by molar-refractivity contribution is -0.116. The Labute approximate surface area is 180 Å². The molecule has 0 spiro atoms. The van der Waals surface area contributed by atoms with Crippen molar-refractivity contribution in [2.45, 2.75) is 32.7 Å². The largest absolute Gasteiger partial charge is 0.497 e. The highest BCUT2D eigenvalue weighted by Crippen LogP contribution is 2.22. The second-order valence-corrected chi connectivity index (χ2v) is 7.09. The number of carbonyl (C=O) groups is 2. The van der Waals surface area contributed by atoms with E-state index in [4.69, 9.17) is 9.26 Å². The van der Waals surface area contributed by atoms with Crippen LogP contribution in [-0.2, 0) is 11.2 Å². The first-order valence-corrected chi connectivity index (χ1v) is 9.88. The lowest BCUT2D eigenvalue weighted by atomic mass is 10.2. The fraction of sp³-hybridized carbons (Fsp3) is 0.273. The van der Waals surface area contributed by atoms with Gasteiger partial charge in [-0.05, 0) is 50.2 Å². The molecule has 3 amide bonds. The summed E-state index contributed by atoms with van der Waals surface area (Å²) in [6.45, 7) is 3.73. The predicted octanol–water partition coefficient (Wildman–Crippen LogP) is 3.85. The van der Waals surface area contributed by atoms with Crippen LogP contribution in [0.15, 0.2) is 53.1 Å². The fourth-order valence-corrected chi connectivity index (χ4v) is 2.77. The summed E-state index contributed by atoms with van der Waals surface area (Å²) in [5.41, 5.74) is 1.81. The maximum atomic E-state index is 12.4. The quantitative estimate of drug-likeness (QED) is 0.506. The molecule has 3 rings (SSSR count). The number of nitrogens with one attached hydrogen (secondary N) is 3. The summed E-state index contributed by atoms with van der Waals surface area (Å²) in [5.74, 6) is 1.32. The zero-order valence-electron chi connectivity index (χ0n) is 17.6. The molecule has 0 saturated heterocycles. The lowest BCUT2D eigenvalue weighted by Gasteiger charge is -2.14. The van der Waals surface area contributed by atoms with Crippen LogP contribution in [0.3, 0.4) is 0 Å².